The summed E-state index contributed by atoms with van der Waals surface area (Å²) in [6.07, 6.45) is 2.24. The first-order valence-corrected chi connectivity index (χ1v) is 8.44. The minimum atomic E-state index is -0.0917. The van der Waals surface area contributed by atoms with Crippen molar-refractivity contribution >= 4 is 23.5 Å². The molecule has 0 radical (unpaired) electrons. The van der Waals surface area contributed by atoms with Gasteiger partial charge in [0.15, 0.2) is 5.96 Å². The van der Waals surface area contributed by atoms with Crippen molar-refractivity contribution in [2.75, 3.05) is 40.4 Å². The van der Waals surface area contributed by atoms with Crippen LogP contribution in [0.4, 0.5) is 0 Å². The topological polar surface area (TPSA) is 74.8 Å². The molecule has 7 heteroatoms. The Morgan fingerprint density at radius 2 is 2.12 bits per heavy atom. The molecule has 1 aromatic rings. The van der Waals surface area contributed by atoms with Crippen molar-refractivity contribution in [1.82, 2.24) is 16.0 Å². The molecular weight excluding hydrogens is 328 g/mol. The van der Waals surface area contributed by atoms with Gasteiger partial charge < -0.3 is 20.7 Å². The van der Waals surface area contributed by atoms with Crippen molar-refractivity contribution in [3.8, 4) is 0 Å². The first-order valence-electron chi connectivity index (χ1n) is 8.06. The average molecular weight is 353 g/mol. The van der Waals surface area contributed by atoms with Crippen molar-refractivity contribution < 1.29 is 9.53 Å². The Balaban J connectivity index is 1.78. The van der Waals surface area contributed by atoms with E-state index < -0.39 is 0 Å². The monoisotopic (exact) mass is 352 g/mol. The summed E-state index contributed by atoms with van der Waals surface area (Å²) in [5.74, 6) is 0.524. The van der Waals surface area contributed by atoms with Gasteiger partial charge in [0.2, 0.25) is 5.91 Å². The number of nitrogens with one attached hydrogen (secondary N) is 3. The lowest BCUT2D eigenvalue weighted by atomic mass is 9.96. The van der Waals surface area contributed by atoms with Crippen LogP contribution >= 0.6 is 11.6 Å². The predicted molar refractivity (Wildman–Crippen MR) is 96.6 cm³/mol. The zero-order valence-corrected chi connectivity index (χ0v) is 14.9. The molecular formula is C17H25ClN4O2. The second kappa shape index (κ2) is 8.89. The van der Waals surface area contributed by atoms with Crippen LogP contribution in [0.1, 0.15) is 18.4 Å². The maximum Gasteiger partial charge on any atom is 0.239 e. The Labute approximate surface area is 148 Å². The molecule has 2 rings (SSSR count). The number of methoxy groups -OCH3 is 1. The third-order valence-corrected chi connectivity index (χ3v) is 4.39. The number of benzene rings is 1. The molecule has 1 amide bonds. The third kappa shape index (κ3) is 5.39. The third-order valence-electron chi connectivity index (χ3n) is 4.15. The maximum atomic E-state index is 11.7. The quantitative estimate of drug-likeness (QED) is 0.374. The maximum absolute atomic E-state index is 11.7. The van der Waals surface area contributed by atoms with Gasteiger partial charge >= 0.3 is 0 Å². The molecule has 6 nitrogen and oxygen atoms in total. The molecule has 1 aromatic carbocycles. The lowest BCUT2D eigenvalue weighted by molar-refractivity contribution is -0.120. The summed E-state index contributed by atoms with van der Waals surface area (Å²) in [5, 5.41) is 9.84. The Morgan fingerprint density at radius 1 is 1.33 bits per heavy atom. The van der Waals surface area contributed by atoms with Crippen molar-refractivity contribution in [2.45, 2.75) is 18.3 Å². The number of halogens is 1. The molecule has 1 saturated carbocycles. The number of carbonyl (C=O) groups excluding carboxylic acids is 1. The van der Waals surface area contributed by atoms with Crippen LogP contribution in [0.5, 0.6) is 0 Å². The van der Waals surface area contributed by atoms with E-state index in [2.05, 4.69) is 27.0 Å². The van der Waals surface area contributed by atoms with Crippen LogP contribution in [0.3, 0.4) is 0 Å². The van der Waals surface area contributed by atoms with Gasteiger partial charge in [0, 0.05) is 37.7 Å². The second-order valence-corrected chi connectivity index (χ2v) is 6.35. The normalized spacial score (nSPS) is 15.7. The fourth-order valence-corrected chi connectivity index (χ4v) is 2.72. The van der Waals surface area contributed by atoms with Crippen LogP contribution < -0.4 is 16.0 Å². The molecule has 1 fully saturated rings. The number of hydrogen-bond acceptors (Lipinski definition) is 3. The van der Waals surface area contributed by atoms with E-state index in [1.807, 2.05) is 18.2 Å². The van der Waals surface area contributed by atoms with Gasteiger partial charge in [-0.15, -0.1) is 0 Å². The van der Waals surface area contributed by atoms with Gasteiger partial charge in [-0.25, -0.2) is 0 Å². The Bertz CT molecular complexity index is 588. The molecule has 0 heterocycles. The Hall–Kier alpha value is -1.79. The number of ether oxygens (including phenoxy) is 1. The average Bonchev–Trinajstić information content (AvgIpc) is 3.36. The molecule has 132 valence electrons. The molecule has 0 aromatic heterocycles. The Kier molecular flexibility index (Phi) is 6.87. The predicted octanol–water partition coefficient (Wildman–Crippen LogP) is 1.30. The van der Waals surface area contributed by atoms with Crippen molar-refractivity contribution in [3.63, 3.8) is 0 Å². The van der Waals surface area contributed by atoms with Gasteiger partial charge in [-0.2, -0.15) is 0 Å². The highest BCUT2D eigenvalue weighted by Crippen LogP contribution is 2.48. The zero-order chi connectivity index (χ0) is 17.4. The SMILES string of the molecule is CN=C(NCC(=O)NCCOC)NCC1(c2cccc(Cl)c2)CC1. The van der Waals surface area contributed by atoms with Crippen LogP contribution in [0.15, 0.2) is 29.3 Å². The smallest absolute Gasteiger partial charge is 0.239 e. The highest BCUT2D eigenvalue weighted by molar-refractivity contribution is 6.30. The molecule has 0 unspecified atom stereocenters. The highest BCUT2D eigenvalue weighted by Gasteiger charge is 2.44. The fourth-order valence-electron chi connectivity index (χ4n) is 2.53. The van der Waals surface area contributed by atoms with Gasteiger partial charge in [0.25, 0.3) is 0 Å². The molecule has 0 spiro atoms. The van der Waals surface area contributed by atoms with Crippen LogP contribution in [0.25, 0.3) is 0 Å². The van der Waals surface area contributed by atoms with Crippen LogP contribution in [0.2, 0.25) is 5.02 Å². The van der Waals surface area contributed by atoms with E-state index in [1.165, 1.54) is 5.56 Å². The van der Waals surface area contributed by atoms with E-state index in [1.54, 1.807) is 14.2 Å². The van der Waals surface area contributed by atoms with Crippen molar-refractivity contribution in [2.24, 2.45) is 4.99 Å². The van der Waals surface area contributed by atoms with E-state index in [4.69, 9.17) is 16.3 Å². The molecule has 0 saturated heterocycles. The van der Waals surface area contributed by atoms with Gasteiger partial charge in [0.1, 0.15) is 0 Å². The molecule has 1 aliphatic rings. The van der Waals surface area contributed by atoms with Crippen molar-refractivity contribution in [3.05, 3.63) is 34.9 Å². The number of carbonyl (C=O) groups is 1. The van der Waals surface area contributed by atoms with E-state index in [0.29, 0.717) is 19.1 Å². The van der Waals surface area contributed by atoms with E-state index in [0.717, 1.165) is 24.4 Å². The summed E-state index contributed by atoms with van der Waals surface area (Å²) in [7, 11) is 3.29. The number of amides is 1. The summed E-state index contributed by atoms with van der Waals surface area (Å²) >= 11 is 6.10. The van der Waals surface area contributed by atoms with Crippen LogP contribution in [-0.4, -0.2) is 52.3 Å². The first-order chi connectivity index (χ1) is 11.6. The van der Waals surface area contributed by atoms with Crippen LogP contribution in [-0.2, 0) is 14.9 Å². The summed E-state index contributed by atoms with van der Waals surface area (Å²) < 4.78 is 4.89. The summed E-state index contributed by atoms with van der Waals surface area (Å²) in [4.78, 5) is 15.8. The molecule has 3 N–H and O–H groups in total. The van der Waals surface area contributed by atoms with E-state index >= 15 is 0 Å². The van der Waals surface area contributed by atoms with Gasteiger partial charge in [-0.1, -0.05) is 23.7 Å². The number of aliphatic imine (C=N–C) groups is 1. The number of rotatable bonds is 8. The summed E-state index contributed by atoms with van der Waals surface area (Å²) in [5.41, 5.74) is 1.36. The fraction of sp³-hybridized carbons (Fsp3) is 0.529. The number of guanidine groups is 1. The first kappa shape index (κ1) is 18.5. The van der Waals surface area contributed by atoms with Crippen molar-refractivity contribution in [1.29, 1.82) is 0 Å². The molecule has 0 aliphatic heterocycles. The van der Waals surface area contributed by atoms with E-state index in [9.17, 15) is 4.79 Å². The van der Waals surface area contributed by atoms with Gasteiger partial charge in [-0.05, 0) is 30.5 Å². The lowest BCUT2D eigenvalue weighted by Gasteiger charge is -2.19. The van der Waals surface area contributed by atoms with Gasteiger partial charge in [-0.3, -0.25) is 9.79 Å². The zero-order valence-electron chi connectivity index (χ0n) is 14.2. The number of hydrogen-bond donors (Lipinski definition) is 3. The lowest BCUT2D eigenvalue weighted by Crippen LogP contribution is -2.45. The van der Waals surface area contributed by atoms with Gasteiger partial charge in [0.05, 0.1) is 13.2 Å². The summed E-state index contributed by atoms with van der Waals surface area (Å²) in [6, 6.07) is 8.00. The molecule has 0 atom stereocenters. The highest BCUT2D eigenvalue weighted by atomic mass is 35.5. The minimum Gasteiger partial charge on any atom is -0.383 e. The second-order valence-electron chi connectivity index (χ2n) is 5.91. The molecule has 1 aliphatic carbocycles. The van der Waals surface area contributed by atoms with E-state index in [-0.39, 0.29) is 17.9 Å². The molecule has 0 bridgehead atoms. The largest absolute Gasteiger partial charge is 0.383 e. The molecule has 24 heavy (non-hydrogen) atoms. The standard InChI is InChI=1S/C17H25ClN4O2/c1-19-16(21-11-15(23)20-8-9-24-2)22-12-17(6-7-17)13-4-3-5-14(18)10-13/h3-5,10H,6-9,11-12H2,1-2H3,(H,20,23)(H2,19,21,22). The Morgan fingerprint density at radius 3 is 2.75 bits per heavy atom. The number of nitrogens with zero attached hydrogens (tertiary/aromatic N) is 1. The minimum absolute atomic E-state index is 0.0917. The van der Waals surface area contributed by atoms with Crippen LogP contribution in [0, 0.1) is 0 Å². The summed E-state index contributed by atoms with van der Waals surface area (Å²) in [6.45, 7) is 1.94.